The molecule has 1 unspecified atom stereocenters. The summed E-state index contributed by atoms with van der Waals surface area (Å²) in [5.74, 6) is 0.737. The molecule has 0 amide bonds. The quantitative estimate of drug-likeness (QED) is 0.706. The van der Waals surface area contributed by atoms with Crippen molar-refractivity contribution in [2.75, 3.05) is 6.54 Å². The first-order chi connectivity index (χ1) is 7.07. The highest BCUT2D eigenvalue weighted by Gasteiger charge is 2.29. The zero-order valence-corrected chi connectivity index (χ0v) is 12.8. The Kier molecular flexibility index (Phi) is 6.03. The molecule has 0 fully saturated rings. The van der Waals surface area contributed by atoms with E-state index < -0.39 is 0 Å². The van der Waals surface area contributed by atoms with Gasteiger partial charge in [-0.05, 0) is 29.6 Å². The van der Waals surface area contributed by atoms with E-state index in [0.29, 0.717) is 16.9 Å². The second kappa shape index (κ2) is 6.05. The number of nitrogens with one attached hydrogen (secondary N) is 1. The van der Waals surface area contributed by atoms with Gasteiger partial charge < -0.3 is 5.32 Å². The van der Waals surface area contributed by atoms with E-state index in [1.807, 2.05) is 0 Å². The van der Waals surface area contributed by atoms with Crippen molar-refractivity contribution in [3.8, 4) is 0 Å². The zero-order chi connectivity index (χ0) is 13.0. The normalized spacial score (nSPS) is 16.9. The van der Waals surface area contributed by atoms with Crippen LogP contribution in [0.1, 0.15) is 68.2 Å². The summed E-state index contributed by atoms with van der Waals surface area (Å²) < 4.78 is 0. The van der Waals surface area contributed by atoms with E-state index in [2.05, 4.69) is 60.7 Å². The van der Waals surface area contributed by atoms with E-state index in [9.17, 15) is 0 Å². The van der Waals surface area contributed by atoms with Gasteiger partial charge >= 0.3 is 0 Å². The maximum Gasteiger partial charge on any atom is 0.00106 e. The molecular weight excluding hydrogens is 194 g/mol. The Hall–Kier alpha value is -0.0400. The van der Waals surface area contributed by atoms with Gasteiger partial charge in [0.25, 0.3) is 0 Å². The van der Waals surface area contributed by atoms with Gasteiger partial charge in [0, 0.05) is 12.6 Å². The molecule has 0 aromatic carbocycles. The van der Waals surface area contributed by atoms with Gasteiger partial charge in [0.1, 0.15) is 0 Å². The highest BCUT2D eigenvalue weighted by Crippen LogP contribution is 2.36. The maximum absolute atomic E-state index is 3.60. The largest absolute Gasteiger partial charge is 0.314 e. The first kappa shape index (κ1) is 16.0. The Bertz CT molecular complexity index is 188. The average molecular weight is 227 g/mol. The molecule has 0 aliphatic rings. The van der Waals surface area contributed by atoms with Crippen LogP contribution in [0.2, 0.25) is 0 Å². The first-order valence-corrected chi connectivity index (χ1v) is 6.80. The molecule has 16 heavy (non-hydrogen) atoms. The molecule has 0 aliphatic carbocycles. The number of hydrogen-bond donors (Lipinski definition) is 1. The van der Waals surface area contributed by atoms with Crippen LogP contribution in [0.3, 0.4) is 0 Å². The van der Waals surface area contributed by atoms with Crippen LogP contribution in [0.15, 0.2) is 0 Å². The van der Waals surface area contributed by atoms with Crippen molar-refractivity contribution in [1.82, 2.24) is 5.32 Å². The molecule has 1 atom stereocenters. The van der Waals surface area contributed by atoms with Crippen molar-refractivity contribution in [3.05, 3.63) is 0 Å². The summed E-state index contributed by atoms with van der Waals surface area (Å²) in [6, 6.07) is 0.590. The van der Waals surface area contributed by atoms with Crippen molar-refractivity contribution in [1.29, 1.82) is 0 Å². The van der Waals surface area contributed by atoms with Crippen LogP contribution in [0, 0.1) is 16.7 Å². The zero-order valence-electron chi connectivity index (χ0n) is 12.8. The van der Waals surface area contributed by atoms with Gasteiger partial charge in [-0.15, -0.1) is 0 Å². The molecule has 0 aromatic rings. The highest BCUT2D eigenvalue weighted by atomic mass is 14.9. The fourth-order valence-electron chi connectivity index (χ4n) is 1.68. The molecule has 0 rings (SSSR count). The SMILES string of the molecule is CC(C)NCC(C)(CCC(C)(C)C)C(C)C. The summed E-state index contributed by atoms with van der Waals surface area (Å²) in [5.41, 5.74) is 0.880. The third-order valence-electron chi connectivity index (χ3n) is 3.75. The number of hydrogen-bond acceptors (Lipinski definition) is 1. The van der Waals surface area contributed by atoms with E-state index >= 15 is 0 Å². The maximum atomic E-state index is 3.60. The van der Waals surface area contributed by atoms with E-state index in [1.165, 1.54) is 12.8 Å². The van der Waals surface area contributed by atoms with E-state index in [4.69, 9.17) is 0 Å². The van der Waals surface area contributed by atoms with Crippen molar-refractivity contribution in [2.45, 2.75) is 74.3 Å². The Morgan fingerprint density at radius 2 is 1.38 bits per heavy atom. The van der Waals surface area contributed by atoms with E-state index in [-0.39, 0.29) is 0 Å². The standard InChI is InChI=1S/C15H33N/c1-12(2)15(8,11-16-13(3)4)10-9-14(5,6)7/h12-13,16H,9-11H2,1-8H3. The first-order valence-electron chi connectivity index (χ1n) is 6.80. The second-order valence-corrected chi connectivity index (χ2v) is 7.40. The topological polar surface area (TPSA) is 12.0 Å². The van der Waals surface area contributed by atoms with E-state index in [1.54, 1.807) is 0 Å². The fraction of sp³-hybridized carbons (Fsp3) is 1.00. The molecule has 0 radical (unpaired) electrons. The van der Waals surface area contributed by atoms with Crippen molar-refractivity contribution in [2.24, 2.45) is 16.7 Å². The summed E-state index contributed by atoms with van der Waals surface area (Å²) in [6.45, 7) is 19.7. The van der Waals surface area contributed by atoms with Gasteiger partial charge in [-0.25, -0.2) is 0 Å². The van der Waals surface area contributed by atoms with Gasteiger partial charge in [0.15, 0.2) is 0 Å². The molecule has 0 saturated carbocycles. The van der Waals surface area contributed by atoms with Crippen LogP contribution < -0.4 is 5.32 Å². The number of rotatable bonds is 6. The Balaban J connectivity index is 4.34. The Morgan fingerprint density at radius 1 is 0.875 bits per heavy atom. The van der Waals surface area contributed by atoms with Gasteiger partial charge in [0.05, 0.1) is 0 Å². The summed E-state index contributed by atoms with van der Waals surface area (Å²) in [7, 11) is 0. The van der Waals surface area contributed by atoms with E-state index in [0.717, 1.165) is 12.5 Å². The molecular formula is C15H33N. The van der Waals surface area contributed by atoms with Gasteiger partial charge in [-0.1, -0.05) is 55.4 Å². The van der Waals surface area contributed by atoms with Crippen LogP contribution in [0.5, 0.6) is 0 Å². The molecule has 0 bridgehead atoms. The fourth-order valence-corrected chi connectivity index (χ4v) is 1.68. The van der Waals surface area contributed by atoms with Crippen molar-refractivity contribution >= 4 is 0 Å². The van der Waals surface area contributed by atoms with Crippen LogP contribution in [-0.2, 0) is 0 Å². The van der Waals surface area contributed by atoms with Crippen LogP contribution in [-0.4, -0.2) is 12.6 Å². The summed E-state index contributed by atoms with van der Waals surface area (Å²) >= 11 is 0. The third-order valence-corrected chi connectivity index (χ3v) is 3.75. The Morgan fingerprint density at radius 3 is 1.69 bits per heavy atom. The van der Waals surface area contributed by atoms with Crippen LogP contribution in [0.25, 0.3) is 0 Å². The second-order valence-electron chi connectivity index (χ2n) is 7.40. The third kappa shape index (κ3) is 6.52. The lowest BCUT2D eigenvalue weighted by molar-refractivity contribution is 0.157. The minimum atomic E-state index is 0.428. The molecule has 1 N–H and O–H groups in total. The van der Waals surface area contributed by atoms with Gasteiger partial charge in [-0.3, -0.25) is 0 Å². The monoisotopic (exact) mass is 227 g/mol. The predicted molar refractivity (Wildman–Crippen MR) is 74.8 cm³/mol. The molecule has 0 saturated heterocycles. The summed E-state index contributed by atoms with van der Waals surface area (Å²) in [4.78, 5) is 0. The van der Waals surface area contributed by atoms with Crippen molar-refractivity contribution in [3.63, 3.8) is 0 Å². The average Bonchev–Trinajstić information content (AvgIpc) is 2.10. The summed E-state index contributed by atoms with van der Waals surface area (Å²) in [6.07, 6.45) is 2.62. The molecule has 1 heteroatoms. The molecule has 0 aliphatic heterocycles. The molecule has 0 spiro atoms. The van der Waals surface area contributed by atoms with Crippen LogP contribution >= 0.6 is 0 Å². The minimum Gasteiger partial charge on any atom is -0.314 e. The van der Waals surface area contributed by atoms with Gasteiger partial charge in [-0.2, -0.15) is 0 Å². The smallest absolute Gasteiger partial charge is 0.00106 e. The lowest BCUT2D eigenvalue weighted by Gasteiger charge is -2.37. The molecule has 0 heterocycles. The lowest BCUT2D eigenvalue weighted by Crippen LogP contribution is -2.39. The molecule has 98 valence electrons. The Labute approximate surface area is 103 Å². The minimum absolute atomic E-state index is 0.428. The predicted octanol–water partition coefficient (Wildman–Crippen LogP) is 4.47. The van der Waals surface area contributed by atoms with Gasteiger partial charge in [0.2, 0.25) is 0 Å². The lowest BCUT2D eigenvalue weighted by atomic mass is 9.72. The van der Waals surface area contributed by atoms with Crippen molar-refractivity contribution < 1.29 is 0 Å². The summed E-state index contributed by atoms with van der Waals surface area (Å²) in [5, 5.41) is 3.60. The molecule has 1 nitrogen and oxygen atoms in total. The highest BCUT2D eigenvalue weighted by molar-refractivity contribution is 4.82. The molecule has 0 aromatic heterocycles. The van der Waals surface area contributed by atoms with Crippen LogP contribution in [0.4, 0.5) is 0 Å².